The summed E-state index contributed by atoms with van der Waals surface area (Å²) in [4.78, 5) is 21.1. The van der Waals surface area contributed by atoms with Gasteiger partial charge in [-0.1, -0.05) is 24.3 Å². The molecule has 0 aliphatic carbocycles. The second-order valence-electron chi connectivity index (χ2n) is 8.12. The molecule has 1 N–H and O–H groups in total. The Morgan fingerprint density at radius 3 is 2.72 bits per heavy atom. The first-order valence-electron chi connectivity index (χ1n) is 11.1. The zero-order chi connectivity index (χ0) is 22.3. The Morgan fingerprint density at radius 1 is 1.12 bits per heavy atom. The van der Waals surface area contributed by atoms with Crippen molar-refractivity contribution in [2.24, 2.45) is 0 Å². The van der Waals surface area contributed by atoms with Crippen molar-refractivity contribution in [3.63, 3.8) is 0 Å². The zero-order valence-corrected chi connectivity index (χ0v) is 18.4. The Balaban J connectivity index is 1.15. The summed E-state index contributed by atoms with van der Waals surface area (Å²) in [7, 11) is 0. The fourth-order valence-corrected chi connectivity index (χ4v) is 3.93. The Bertz CT molecular complexity index is 1040. The quantitative estimate of drug-likeness (QED) is 0.584. The molecule has 6 nitrogen and oxygen atoms in total. The van der Waals surface area contributed by atoms with E-state index < -0.39 is 0 Å². The average Bonchev–Trinajstić information content (AvgIpc) is 3.27. The van der Waals surface area contributed by atoms with Crippen LogP contribution in [0.4, 0.5) is 10.1 Å². The van der Waals surface area contributed by atoms with E-state index in [-0.39, 0.29) is 11.7 Å². The average molecular weight is 437 g/mol. The van der Waals surface area contributed by atoms with Crippen LogP contribution in [0.1, 0.15) is 17.9 Å². The second-order valence-corrected chi connectivity index (χ2v) is 8.12. The van der Waals surface area contributed by atoms with E-state index in [0.29, 0.717) is 36.6 Å². The van der Waals surface area contributed by atoms with Crippen LogP contribution in [-0.2, 0) is 11.2 Å². The van der Waals surface area contributed by atoms with Crippen LogP contribution in [0.25, 0.3) is 11.3 Å². The minimum atomic E-state index is -0.354. The number of halogens is 1. The maximum Gasteiger partial charge on any atom is 0.220 e. The molecular formula is C25H29FN4O2. The van der Waals surface area contributed by atoms with Crippen LogP contribution in [0.15, 0.2) is 59.1 Å². The van der Waals surface area contributed by atoms with Crippen LogP contribution >= 0.6 is 0 Å². The summed E-state index contributed by atoms with van der Waals surface area (Å²) in [5.41, 5.74) is 2.93. The van der Waals surface area contributed by atoms with E-state index in [9.17, 15) is 9.18 Å². The number of carbonyl (C=O) groups excluding carboxylic acids is 1. The molecule has 2 aromatic carbocycles. The number of rotatable bonds is 8. The molecule has 3 aromatic rings. The highest BCUT2D eigenvalue weighted by atomic mass is 19.1. The van der Waals surface area contributed by atoms with E-state index in [0.717, 1.165) is 32.7 Å². The summed E-state index contributed by atoms with van der Waals surface area (Å²) in [6, 6.07) is 15.0. The molecule has 0 atom stereocenters. The third-order valence-corrected chi connectivity index (χ3v) is 5.75. The summed E-state index contributed by atoms with van der Waals surface area (Å²) >= 11 is 0. The summed E-state index contributed by atoms with van der Waals surface area (Å²) in [6.45, 7) is 7.53. The van der Waals surface area contributed by atoms with Crippen molar-refractivity contribution in [3.8, 4) is 11.3 Å². The molecule has 2 heterocycles. The van der Waals surface area contributed by atoms with Crippen LogP contribution in [0.3, 0.4) is 0 Å². The van der Waals surface area contributed by atoms with Gasteiger partial charge in [0.1, 0.15) is 5.82 Å². The van der Waals surface area contributed by atoms with Gasteiger partial charge in [0.05, 0.1) is 11.8 Å². The molecule has 1 aliphatic heterocycles. The van der Waals surface area contributed by atoms with Gasteiger partial charge in [-0.2, -0.15) is 0 Å². The number of carbonyl (C=O) groups is 1. The first-order valence-corrected chi connectivity index (χ1v) is 11.1. The van der Waals surface area contributed by atoms with E-state index in [1.807, 2.05) is 0 Å². The molecule has 0 radical (unpaired) electrons. The van der Waals surface area contributed by atoms with Gasteiger partial charge < -0.3 is 14.6 Å². The van der Waals surface area contributed by atoms with Crippen LogP contribution in [0.5, 0.6) is 0 Å². The van der Waals surface area contributed by atoms with E-state index >= 15 is 0 Å². The normalized spacial score (nSPS) is 14.5. The lowest BCUT2D eigenvalue weighted by Gasteiger charge is -2.36. The number of aryl methyl sites for hydroxylation is 2. The number of nitrogens with zero attached hydrogens (tertiary/aromatic N) is 3. The number of nitrogens with one attached hydrogen (secondary N) is 1. The van der Waals surface area contributed by atoms with Gasteiger partial charge >= 0.3 is 0 Å². The number of anilines is 1. The lowest BCUT2D eigenvalue weighted by molar-refractivity contribution is -0.121. The topological polar surface area (TPSA) is 61.6 Å². The van der Waals surface area contributed by atoms with E-state index in [1.165, 1.54) is 23.5 Å². The predicted molar refractivity (Wildman–Crippen MR) is 123 cm³/mol. The number of benzene rings is 2. The first kappa shape index (κ1) is 22.0. The molecule has 1 fully saturated rings. The van der Waals surface area contributed by atoms with Crippen molar-refractivity contribution in [2.45, 2.75) is 19.8 Å². The van der Waals surface area contributed by atoms with Crippen LogP contribution in [0, 0.1) is 12.7 Å². The van der Waals surface area contributed by atoms with Gasteiger partial charge in [-0.3, -0.25) is 9.69 Å². The summed E-state index contributed by atoms with van der Waals surface area (Å²) in [6.07, 6.45) is 2.18. The van der Waals surface area contributed by atoms with Crippen LogP contribution in [-0.4, -0.2) is 55.1 Å². The second kappa shape index (κ2) is 10.4. The predicted octanol–water partition coefficient (Wildman–Crippen LogP) is 3.66. The third kappa shape index (κ3) is 5.73. The molecular weight excluding hydrogens is 407 g/mol. The molecule has 168 valence electrons. The van der Waals surface area contributed by atoms with E-state index in [2.05, 4.69) is 51.3 Å². The number of piperazine rings is 1. The van der Waals surface area contributed by atoms with Crippen molar-refractivity contribution in [2.75, 3.05) is 44.2 Å². The minimum absolute atomic E-state index is 0.0333. The smallest absolute Gasteiger partial charge is 0.220 e. The number of amides is 1. The Hall–Kier alpha value is -3.19. The summed E-state index contributed by atoms with van der Waals surface area (Å²) < 4.78 is 19.5. The number of hydrogen-bond acceptors (Lipinski definition) is 5. The lowest BCUT2D eigenvalue weighted by Crippen LogP contribution is -2.48. The highest BCUT2D eigenvalue weighted by molar-refractivity contribution is 5.76. The highest BCUT2D eigenvalue weighted by Gasteiger charge is 2.17. The maximum atomic E-state index is 13.9. The Morgan fingerprint density at radius 2 is 1.94 bits per heavy atom. The standard InChI is InChI=1S/C25H29FN4O2/c1-19-5-4-6-20(17-19)30-15-13-29(14-16-30)12-11-27-24(31)9-10-25-28-18-23(32-25)21-7-2-3-8-22(21)26/h2-8,17-18H,9-16H2,1H3,(H,27,31). The van der Waals surface area contributed by atoms with Gasteiger partial charge in [0.25, 0.3) is 0 Å². The molecule has 7 heteroatoms. The van der Waals surface area contributed by atoms with Crippen molar-refractivity contribution >= 4 is 11.6 Å². The van der Waals surface area contributed by atoms with Gasteiger partial charge in [-0.15, -0.1) is 0 Å². The molecule has 1 amide bonds. The molecule has 0 spiro atoms. The number of aromatic nitrogens is 1. The third-order valence-electron chi connectivity index (χ3n) is 5.75. The lowest BCUT2D eigenvalue weighted by atomic mass is 10.2. The van der Waals surface area contributed by atoms with Gasteiger partial charge in [0.15, 0.2) is 11.7 Å². The molecule has 1 aromatic heterocycles. The molecule has 0 unspecified atom stereocenters. The fraction of sp³-hybridized carbons (Fsp3) is 0.360. The monoisotopic (exact) mass is 436 g/mol. The largest absolute Gasteiger partial charge is 0.441 e. The summed E-state index contributed by atoms with van der Waals surface area (Å²) in [5, 5.41) is 2.97. The highest BCUT2D eigenvalue weighted by Crippen LogP contribution is 2.23. The Kier molecular flexibility index (Phi) is 7.17. The SMILES string of the molecule is Cc1cccc(N2CCN(CCNC(=O)CCc3ncc(-c4ccccc4F)o3)CC2)c1. The molecule has 0 bridgehead atoms. The van der Waals surface area contributed by atoms with Crippen molar-refractivity contribution in [3.05, 3.63) is 72.0 Å². The molecule has 1 aliphatic rings. The van der Waals surface area contributed by atoms with Crippen molar-refractivity contribution < 1.29 is 13.6 Å². The van der Waals surface area contributed by atoms with Gasteiger partial charge in [0.2, 0.25) is 5.91 Å². The van der Waals surface area contributed by atoms with Crippen molar-refractivity contribution in [1.82, 2.24) is 15.2 Å². The van der Waals surface area contributed by atoms with E-state index in [4.69, 9.17) is 4.42 Å². The summed E-state index contributed by atoms with van der Waals surface area (Å²) in [5.74, 6) is 0.427. The molecule has 0 saturated carbocycles. The Labute approximate surface area is 188 Å². The number of oxazole rings is 1. The first-order chi connectivity index (χ1) is 15.6. The molecule has 4 rings (SSSR count). The van der Waals surface area contributed by atoms with Crippen molar-refractivity contribution in [1.29, 1.82) is 0 Å². The number of hydrogen-bond donors (Lipinski definition) is 1. The maximum absolute atomic E-state index is 13.9. The van der Waals surface area contributed by atoms with Crippen LogP contribution in [0.2, 0.25) is 0 Å². The fourth-order valence-electron chi connectivity index (χ4n) is 3.93. The molecule has 32 heavy (non-hydrogen) atoms. The van der Waals surface area contributed by atoms with Gasteiger partial charge in [0, 0.05) is 57.8 Å². The molecule has 1 saturated heterocycles. The van der Waals surface area contributed by atoms with Crippen LogP contribution < -0.4 is 10.2 Å². The van der Waals surface area contributed by atoms with E-state index in [1.54, 1.807) is 18.2 Å². The van der Waals surface area contributed by atoms with Gasteiger partial charge in [-0.25, -0.2) is 9.37 Å². The zero-order valence-electron chi connectivity index (χ0n) is 18.4. The van der Waals surface area contributed by atoms with Gasteiger partial charge in [-0.05, 0) is 36.8 Å². The minimum Gasteiger partial charge on any atom is -0.441 e.